The number of fused-ring (bicyclic) bond motifs is 1. The molecule has 4 rings (SSSR count). The zero-order valence-corrected chi connectivity index (χ0v) is 12.9. The Morgan fingerprint density at radius 1 is 1.30 bits per heavy atom. The van der Waals surface area contributed by atoms with Gasteiger partial charge in [-0.2, -0.15) is 5.10 Å². The third-order valence-electron chi connectivity index (χ3n) is 4.46. The molecule has 1 aromatic carbocycles. The van der Waals surface area contributed by atoms with Crippen molar-refractivity contribution in [2.75, 3.05) is 13.2 Å². The third-order valence-corrected chi connectivity index (χ3v) is 4.46. The number of likely N-dealkylation sites (tertiary alicyclic amines) is 1. The van der Waals surface area contributed by atoms with Gasteiger partial charge < -0.3 is 9.64 Å². The van der Waals surface area contributed by atoms with Gasteiger partial charge in [0, 0.05) is 36.5 Å². The Balaban J connectivity index is 1.29. The fourth-order valence-electron chi connectivity index (χ4n) is 3.14. The predicted octanol–water partition coefficient (Wildman–Crippen LogP) is 1.59. The van der Waals surface area contributed by atoms with Crippen molar-refractivity contribution in [3.8, 4) is 0 Å². The minimum atomic E-state index is -0.310. The van der Waals surface area contributed by atoms with E-state index in [0.717, 1.165) is 30.3 Å². The molecule has 2 heterocycles. The number of benzene rings is 1. The number of carbonyl (C=O) groups is 2. The maximum atomic E-state index is 12.0. The highest BCUT2D eigenvalue weighted by molar-refractivity contribution is 5.80. The number of amides is 1. The molecular weight excluding hydrogens is 294 g/mol. The summed E-state index contributed by atoms with van der Waals surface area (Å²) in [7, 11) is 0. The van der Waals surface area contributed by atoms with Crippen LogP contribution in [0.15, 0.2) is 30.5 Å². The van der Waals surface area contributed by atoms with Crippen LogP contribution in [0.1, 0.15) is 19.3 Å². The second kappa shape index (κ2) is 5.68. The van der Waals surface area contributed by atoms with Crippen LogP contribution in [0.3, 0.4) is 0 Å². The largest absolute Gasteiger partial charge is 0.464 e. The van der Waals surface area contributed by atoms with E-state index >= 15 is 0 Å². The Labute approximate surface area is 134 Å². The summed E-state index contributed by atoms with van der Waals surface area (Å²) < 4.78 is 6.94. The molecule has 1 atom stereocenters. The molecule has 1 aliphatic heterocycles. The van der Waals surface area contributed by atoms with E-state index in [1.165, 1.54) is 0 Å². The summed E-state index contributed by atoms with van der Waals surface area (Å²) in [6.07, 6.45) is 4.57. The van der Waals surface area contributed by atoms with Gasteiger partial charge in [0.1, 0.15) is 6.54 Å². The third kappa shape index (κ3) is 3.06. The molecule has 23 heavy (non-hydrogen) atoms. The van der Waals surface area contributed by atoms with E-state index in [9.17, 15) is 9.59 Å². The number of hydrogen-bond donors (Lipinski definition) is 0. The second-order valence-electron chi connectivity index (χ2n) is 6.42. The van der Waals surface area contributed by atoms with Crippen LogP contribution in [0.2, 0.25) is 0 Å². The quantitative estimate of drug-likeness (QED) is 0.786. The van der Waals surface area contributed by atoms with Gasteiger partial charge in [-0.05, 0) is 18.9 Å². The molecule has 2 aliphatic rings. The SMILES string of the molecule is O=C(Cn1cc2ccccc2n1)OCC1CC(=O)N(C2CC2)C1. The van der Waals surface area contributed by atoms with Gasteiger partial charge in [0.05, 0.1) is 12.1 Å². The van der Waals surface area contributed by atoms with Gasteiger partial charge in [-0.1, -0.05) is 18.2 Å². The summed E-state index contributed by atoms with van der Waals surface area (Å²) in [5.74, 6) is 0.0192. The van der Waals surface area contributed by atoms with Crippen molar-refractivity contribution in [1.29, 1.82) is 0 Å². The highest BCUT2D eigenvalue weighted by Crippen LogP contribution is 2.32. The molecule has 1 amide bonds. The Morgan fingerprint density at radius 3 is 2.91 bits per heavy atom. The van der Waals surface area contributed by atoms with Crippen LogP contribution in [0.5, 0.6) is 0 Å². The Bertz CT molecular complexity index is 717. The summed E-state index contributed by atoms with van der Waals surface area (Å²) in [6, 6.07) is 8.17. The van der Waals surface area contributed by atoms with Gasteiger partial charge in [-0.15, -0.1) is 0 Å². The van der Waals surface area contributed by atoms with Crippen LogP contribution < -0.4 is 0 Å². The summed E-state index contributed by atoms with van der Waals surface area (Å²) in [5.41, 5.74) is 0.863. The first kappa shape index (κ1) is 14.2. The van der Waals surface area contributed by atoms with E-state index in [2.05, 4.69) is 5.10 Å². The lowest BCUT2D eigenvalue weighted by atomic mass is 10.1. The minimum Gasteiger partial charge on any atom is -0.464 e. The number of rotatable bonds is 5. The highest BCUT2D eigenvalue weighted by atomic mass is 16.5. The summed E-state index contributed by atoms with van der Waals surface area (Å²) in [5, 5.41) is 5.34. The summed E-state index contributed by atoms with van der Waals surface area (Å²) in [4.78, 5) is 25.8. The zero-order chi connectivity index (χ0) is 15.8. The van der Waals surface area contributed by atoms with E-state index in [-0.39, 0.29) is 24.3 Å². The van der Waals surface area contributed by atoms with Crippen molar-refractivity contribution in [1.82, 2.24) is 14.7 Å². The number of esters is 1. The van der Waals surface area contributed by atoms with E-state index in [1.807, 2.05) is 35.4 Å². The van der Waals surface area contributed by atoms with Crippen molar-refractivity contribution in [3.63, 3.8) is 0 Å². The van der Waals surface area contributed by atoms with E-state index < -0.39 is 0 Å². The molecule has 2 fully saturated rings. The number of carbonyl (C=O) groups excluding carboxylic acids is 2. The Morgan fingerprint density at radius 2 is 2.13 bits per heavy atom. The Hall–Kier alpha value is -2.37. The maximum Gasteiger partial charge on any atom is 0.327 e. The minimum absolute atomic E-state index is 0.0989. The topological polar surface area (TPSA) is 64.4 Å². The van der Waals surface area contributed by atoms with Crippen LogP contribution in [0.25, 0.3) is 10.9 Å². The fraction of sp³-hybridized carbons (Fsp3) is 0.471. The van der Waals surface area contributed by atoms with Crippen LogP contribution in [0, 0.1) is 5.92 Å². The molecule has 0 spiro atoms. The molecule has 0 radical (unpaired) electrons. The van der Waals surface area contributed by atoms with Crippen LogP contribution in [-0.2, 0) is 20.9 Å². The molecule has 0 N–H and O–H groups in total. The molecule has 6 nitrogen and oxygen atoms in total. The lowest BCUT2D eigenvalue weighted by molar-refractivity contribution is -0.146. The highest BCUT2D eigenvalue weighted by Gasteiger charge is 2.39. The molecule has 1 aromatic heterocycles. The Kier molecular flexibility index (Phi) is 3.52. The average Bonchev–Trinajstić information content (AvgIpc) is 3.18. The molecular formula is C17H19N3O3. The normalized spacial score (nSPS) is 21.1. The van der Waals surface area contributed by atoms with E-state index in [1.54, 1.807) is 4.68 Å². The standard InChI is InChI=1S/C17H19N3O3/c21-16-7-12(8-20(16)14-5-6-14)11-23-17(22)10-19-9-13-3-1-2-4-15(13)18-19/h1-4,9,12,14H,5-8,10-11H2. The zero-order valence-electron chi connectivity index (χ0n) is 12.9. The number of nitrogens with zero attached hydrogens (tertiary/aromatic N) is 3. The fourth-order valence-corrected chi connectivity index (χ4v) is 3.14. The van der Waals surface area contributed by atoms with Gasteiger partial charge in [0.15, 0.2) is 0 Å². The van der Waals surface area contributed by atoms with Crippen molar-refractivity contribution < 1.29 is 14.3 Å². The lowest BCUT2D eigenvalue weighted by Crippen LogP contribution is -2.28. The molecule has 0 bridgehead atoms. The molecule has 1 unspecified atom stereocenters. The first-order chi connectivity index (χ1) is 11.2. The number of hydrogen-bond acceptors (Lipinski definition) is 4. The van der Waals surface area contributed by atoms with E-state index in [4.69, 9.17) is 4.74 Å². The number of aromatic nitrogens is 2. The monoisotopic (exact) mass is 313 g/mol. The maximum absolute atomic E-state index is 12.0. The van der Waals surface area contributed by atoms with Crippen molar-refractivity contribution in [2.24, 2.45) is 5.92 Å². The molecule has 1 aliphatic carbocycles. The van der Waals surface area contributed by atoms with Crippen molar-refractivity contribution in [2.45, 2.75) is 31.8 Å². The van der Waals surface area contributed by atoms with Crippen molar-refractivity contribution in [3.05, 3.63) is 30.5 Å². The number of ether oxygens (including phenoxy) is 1. The van der Waals surface area contributed by atoms with Gasteiger partial charge in [0.2, 0.25) is 5.91 Å². The summed E-state index contributed by atoms with van der Waals surface area (Å²) in [6.45, 7) is 1.14. The molecule has 6 heteroatoms. The molecule has 1 saturated heterocycles. The van der Waals surface area contributed by atoms with Gasteiger partial charge >= 0.3 is 5.97 Å². The molecule has 1 saturated carbocycles. The van der Waals surface area contributed by atoms with Crippen LogP contribution in [-0.4, -0.2) is 45.8 Å². The van der Waals surface area contributed by atoms with Gasteiger partial charge in [-0.3, -0.25) is 14.3 Å². The van der Waals surface area contributed by atoms with Gasteiger partial charge in [-0.25, -0.2) is 0 Å². The summed E-state index contributed by atoms with van der Waals surface area (Å²) >= 11 is 0. The lowest BCUT2D eigenvalue weighted by Gasteiger charge is -2.15. The second-order valence-corrected chi connectivity index (χ2v) is 6.42. The van der Waals surface area contributed by atoms with Crippen molar-refractivity contribution >= 4 is 22.8 Å². The van der Waals surface area contributed by atoms with E-state index in [0.29, 0.717) is 19.1 Å². The van der Waals surface area contributed by atoms with Crippen LogP contribution >= 0.6 is 0 Å². The van der Waals surface area contributed by atoms with Gasteiger partial charge in [0.25, 0.3) is 0 Å². The molecule has 120 valence electrons. The smallest absolute Gasteiger partial charge is 0.327 e. The first-order valence-electron chi connectivity index (χ1n) is 8.06. The predicted molar refractivity (Wildman–Crippen MR) is 83.5 cm³/mol. The average molecular weight is 313 g/mol. The molecule has 2 aromatic rings. The van der Waals surface area contributed by atoms with Crippen LogP contribution in [0.4, 0.5) is 0 Å². The first-order valence-corrected chi connectivity index (χ1v) is 8.06.